The largest absolute Gasteiger partial charge is 0.496 e. The topological polar surface area (TPSA) is 58.5 Å². The summed E-state index contributed by atoms with van der Waals surface area (Å²) in [5.41, 5.74) is 1.28. The number of methoxy groups -OCH3 is 1. The lowest BCUT2D eigenvalue weighted by molar-refractivity contribution is -0.0607. The predicted octanol–water partition coefficient (Wildman–Crippen LogP) is 3.45. The molecule has 0 radical (unpaired) electrons. The fourth-order valence-electron chi connectivity index (χ4n) is 4.85. The first-order valence-electron chi connectivity index (χ1n) is 10.0. The van der Waals surface area contributed by atoms with Crippen LogP contribution in [-0.2, 0) is 18.6 Å². The smallest absolute Gasteiger partial charge is 0.128 e. The van der Waals surface area contributed by atoms with Gasteiger partial charge in [0.25, 0.3) is 0 Å². The van der Waals surface area contributed by atoms with Gasteiger partial charge in [-0.05, 0) is 38.2 Å². The summed E-state index contributed by atoms with van der Waals surface area (Å²) in [6, 6.07) is 8.66. The van der Waals surface area contributed by atoms with Crippen molar-refractivity contribution in [1.29, 1.82) is 0 Å². The lowest BCUT2D eigenvalue weighted by Gasteiger charge is -2.44. The number of rotatable bonds is 6. The molecule has 0 aliphatic carbocycles. The second-order valence-electron chi connectivity index (χ2n) is 7.95. The fraction of sp³-hybridized carbons (Fsp3) is 0.545. The maximum atomic E-state index is 11.5. The Kier molecular flexibility index (Phi) is 5.15. The number of fused-ring (bicyclic) bond motifs is 2. The van der Waals surface area contributed by atoms with Gasteiger partial charge in [0, 0.05) is 48.6 Å². The van der Waals surface area contributed by atoms with Crippen molar-refractivity contribution in [1.82, 2.24) is 14.9 Å². The fourth-order valence-corrected chi connectivity index (χ4v) is 4.85. The molecule has 2 aliphatic heterocycles. The normalized spacial score (nSPS) is 27.7. The van der Waals surface area contributed by atoms with Crippen LogP contribution < -0.4 is 4.74 Å². The maximum absolute atomic E-state index is 11.5. The molecule has 0 saturated carbocycles. The van der Waals surface area contributed by atoms with E-state index >= 15 is 0 Å². The number of ether oxygens (including phenoxy) is 1. The molecule has 27 heavy (non-hydrogen) atoms. The molecule has 5 nitrogen and oxygen atoms in total. The molecule has 5 heteroatoms. The van der Waals surface area contributed by atoms with Gasteiger partial charge in [-0.25, -0.2) is 9.97 Å². The van der Waals surface area contributed by atoms with Crippen LogP contribution in [-0.4, -0.2) is 39.2 Å². The lowest BCUT2D eigenvalue weighted by atomic mass is 9.80. The van der Waals surface area contributed by atoms with Crippen molar-refractivity contribution in [3.05, 3.63) is 53.6 Å². The molecule has 144 valence electrons. The van der Waals surface area contributed by atoms with Gasteiger partial charge in [0.05, 0.1) is 12.7 Å². The molecule has 2 aromatic rings. The molecule has 0 amide bonds. The van der Waals surface area contributed by atoms with E-state index in [0.717, 1.165) is 67.8 Å². The first kappa shape index (κ1) is 18.4. The number of aryl methyl sites for hydroxylation is 1. The standard InChI is InChI=1S/C22H29N3O2/c1-3-6-21-23-13-16(14-24-21)15-25-17-9-10-18(25)12-22(26,11-17)19-7-4-5-8-20(19)27-2/h4-5,7-8,13-14,17-18,26H,3,6,9-12,15H2,1-2H3/t17-,18-/m1/s1. The molecule has 2 fully saturated rings. The predicted molar refractivity (Wildman–Crippen MR) is 105 cm³/mol. The minimum absolute atomic E-state index is 0.383. The van der Waals surface area contributed by atoms with Crippen LogP contribution in [0.5, 0.6) is 5.75 Å². The lowest BCUT2D eigenvalue weighted by Crippen LogP contribution is -2.49. The van der Waals surface area contributed by atoms with Gasteiger partial charge < -0.3 is 9.84 Å². The van der Waals surface area contributed by atoms with E-state index in [2.05, 4.69) is 21.8 Å². The first-order valence-corrected chi connectivity index (χ1v) is 10.0. The molecule has 2 bridgehead atoms. The second kappa shape index (κ2) is 7.56. The van der Waals surface area contributed by atoms with Crippen LogP contribution in [0.25, 0.3) is 0 Å². The summed E-state index contributed by atoms with van der Waals surface area (Å²) >= 11 is 0. The van der Waals surface area contributed by atoms with E-state index in [4.69, 9.17) is 4.74 Å². The van der Waals surface area contributed by atoms with E-state index in [9.17, 15) is 5.11 Å². The third kappa shape index (κ3) is 3.58. The van der Waals surface area contributed by atoms with Gasteiger partial charge in [0.15, 0.2) is 0 Å². The first-order chi connectivity index (χ1) is 13.1. The average molecular weight is 367 g/mol. The summed E-state index contributed by atoms with van der Waals surface area (Å²) in [6.07, 6.45) is 9.71. The number of aliphatic hydroxyl groups is 1. The molecular weight excluding hydrogens is 338 g/mol. The van der Waals surface area contributed by atoms with Crippen molar-refractivity contribution in [3.8, 4) is 5.75 Å². The van der Waals surface area contributed by atoms with Gasteiger partial charge in [0.2, 0.25) is 0 Å². The van der Waals surface area contributed by atoms with E-state index in [-0.39, 0.29) is 0 Å². The second-order valence-corrected chi connectivity index (χ2v) is 7.95. The Hall–Kier alpha value is -1.98. The van der Waals surface area contributed by atoms with E-state index < -0.39 is 5.60 Å². The quantitative estimate of drug-likeness (QED) is 0.847. The van der Waals surface area contributed by atoms with Crippen molar-refractivity contribution in [2.45, 2.75) is 69.7 Å². The summed E-state index contributed by atoms with van der Waals surface area (Å²) in [4.78, 5) is 11.5. The van der Waals surface area contributed by atoms with Crippen molar-refractivity contribution in [2.24, 2.45) is 0 Å². The van der Waals surface area contributed by atoms with Gasteiger partial charge in [-0.3, -0.25) is 4.90 Å². The Labute approximate surface area is 161 Å². The minimum atomic E-state index is -0.809. The summed E-state index contributed by atoms with van der Waals surface area (Å²) in [5, 5.41) is 11.5. The molecule has 1 aromatic heterocycles. The van der Waals surface area contributed by atoms with Gasteiger partial charge >= 0.3 is 0 Å². The van der Waals surface area contributed by atoms with E-state index in [1.54, 1.807) is 7.11 Å². The number of benzene rings is 1. The van der Waals surface area contributed by atoms with Gasteiger partial charge in [-0.2, -0.15) is 0 Å². The highest BCUT2D eigenvalue weighted by molar-refractivity contribution is 5.39. The monoisotopic (exact) mass is 367 g/mol. The number of piperidine rings is 1. The third-order valence-corrected chi connectivity index (χ3v) is 6.12. The van der Waals surface area contributed by atoms with Crippen LogP contribution in [0.2, 0.25) is 0 Å². The van der Waals surface area contributed by atoms with E-state index in [0.29, 0.717) is 12.1 Å². The summed E-state index contributed by atoms with van der Waals surface area (Å²) in [7, 11) is 1.67. The number of hydrogen-bond acceptors (Lipinski definition) is 5. The highest BCUT2D eigenvalue weighted by Gasteiger charge is 2.49. The van der Waals surface area contributed by atoms with Crippen LogP contribution in [0.15, 0.2) is 36.7 Å². The third-order valence-electron chi connectivity index (χ3n) is 6.12. The highest BCUT2D eigenvalue weighted by Crippen LogP contribution is 2.48. The van der Waals surface area contributed by atoms with Gasteiger partial charge in [0.1, 0.15) is 11.6 Å². The number of para-hydroxylation sites is 1. The summed E-state index contributed by atoms with van der Waals surface area (Å²) in [5.74, 6) is 1.71. The Morgan fingerprint density at radius 2 is 1.81 bits per heavy atom. The van der Waals surface area contributed by atoms with Crippen molar-refractivity contribution < 1.29 is 9.84 Å². The number of nitrogens with zero attached hydrogens (tertiary/aromatic N) is 3. The molecule has 3 heterocycles. The van der Waals surface area contributed by atoms with Crippen LogP contribution in [0.1, 0.15) is 56.0 Å². The summed E-state index contributed by atoms with van der Waals surface area (Å²) in [6.45, 7) is 3.01. The van der Waals surface area contributed by atoms with Crippen molar-refractivity contribution in [2.75, 3.05) is 7.11 Å². The molecule has 0 unspecified atom stereocenters. The highest BCUT2D eigenvalue weighted by atomic mass is 16.5. The van der Waals surface area contributed by atoms with Gasteiger partial charge in [-0.15, -0.1) is 0 Å². The Bertz CT molecular complexity index is 763. The average Bonchev–Trinajstić information content (AvgIpc) is 2.93. The van der Waals surface area contributed by atoms with Crippen LogP contribution >= 0.6 is 0 Å². The van der Waals surface area contributed by atoms with Crippen LogP contribution in [0, 0.1) is 0 Å². The van der Waals surface area contributed by atoms with E-state index in [1.165, 1.54) is 0 Å². The summed E-state index contributed by atoms with van der Waals surface area (Å²) < 4.78 is 5.52. The molecule has 2 saturated heterocycles. The molecule has 4 rings (SSSR count). The molecule has 1 aromatic carbocycles. The Morgan fingerprint density at radius 1 is 1.15 bits per heavy atom. The van der Waals surface area contributed by atoms with Gasteiger partial charge in [-0.1, -0.05) is 25.1 Å². The maximum Gasteiger partial charge on any atom is 0.128 e. The molecule has 0 spiro atoms. The van der Waals surface area contributed by atoms with Crippen LogP contribution in [0.3, 0.4) is 0 Å². The zero-order valence-electron chi connectivity index (χ0n) is 16.3. The van der Waals surface area contributed by atoms with Crippen molar-refractivity contribution >= 4 is 0 Å². The zero-order chi connectivity index (χ0) is 18.9. The molecule has 2 atom stereocenters. The minimum Gasteiger partial charge on any atom is -0.496 e. The molecular formula is C22H29N3O2. The number of aromatic nitrogens is 2. The molecule has 2 aliphatic rings. The zero-order valence-corrected chi connectivity index (χ0v) is 16.3. The van der Waals surface area contributed by atoms with Crippen molar-refractivity contribution in [3.63, 3.8) is 0 Å². The number of hydrogen-bond donors (Lipinski definition) is 1. The Morgan fingerprint density at radius 3 is 2.44 bits per heavy atom. The Balaban J connectivity index is 1.50. The van der Waals surface area contributed by atoms with Crippen LogP contribution in [0.4, 0.5) is 0 Å². The SMILES string of the molecule is CCCc1ncc(CN2[C@@H]3CC[C@@H]2CC(O)(c2ccccc2OC)C3)cn1. The molecule has 1 N–H and O–H groups in total. The van der Waals surface area contributed by atoms with E-state index in [1.807, 2.05) is 36.7 Å².